The average Bonchev–Trinajstić information content (AvgIpc) is 2.91. The van der Waals surface area contributed by atoms with Crippen LogP contribution in [0.15, 0.2) is 60.7 Å². The van der Waals surface area contributed by atoms with Gasteiger partial charge in [-0.15, -0.1) is 0 Å². The second-order valence-electron chi connectivity index (χ2n) is 6.61. The van der Waals surface area contributed by atoms with Crippen molar-refractivity contribution in [3.63, 3.8) is 0 Å². The Balaban J connectivity index is 2.11. The van der Waals surface area contributed by atoms with E-state index in [1.165, 1.54) is 0 Å². The molecule has 3 rings (SSSR count). The van der Waals surface area contributed by atoms with Crippen molar-refractivity contribution in [1.29, 1.82) is 0 Å². The van der Waals surface area contributed by atoms with Gasteiger partial charge in [0, 0.05) is 6.61 Å². The molecule has 2 aromatic carbocycles. The molecule has 1 aliphatic heterocycles. The first-order chi connectivity index (χ1) is 10.5. The van der Waals surface area contributed by atoms with E-state index in [9.17, 15) is 5.21 Å². The highest BCUT2D eigenvalue weighted by atomic mass is 16.5. The number of hydroxylamine groups is 3. The SMILES string of the molecule is C[N+](C)(O)C[C@H]1CCOC1(c1ccccc1)c1ccccc1. The van der Waals surface area contributed by atoms with Crippen LogP contribution in [0.4, 0.5) is 0 Å². The summed E-state index contributed by atoms with van der Waals surface area (Å²) >= 11 is 0. The average molecular weight is 298 g/mol. The molecular weight excluding hydrogens is 274 g/mol. The lowest BCUT2D eigenvalue weighted by Crippen LogP contribution is -2.46. The lowest BCUT2D eigenvalue weighted by molar-refractivity contribution is -1.07. The van der Waals surface area contributed by atoms with E-state index in [-0.39, 0.29) is 10.6 Å². The van der Waals surface area contributed by atoms with Crippen LogP contribution in [0, 0.1) is 5.92 Å². The topological polar surface area (TPSA) is 29.5 Å². The largest absolute Gasteiger partial charge is 0.365 e. The normalized spacial score (nSPS) is 21.0. The summed E-state index contributed by atoms with van der Waals surface area (Å²) in [5, 5.41) is 10.3. The predicted molar refractivity (Wildman–Crippen MR) is 86.5 cm³/mol. The Kier molecular flexibility index (Phi) is 4.04. The van der Waals surface area contributed by atoms with E-state index in [2.05, 4.69) is 48.5 Å². The monoisotopic (exact) mass is 298 g/mol. The van der Waals surface area contributed by atoms with Gasteiger partial charge in [0.1, 0.15) is 12.1 Å². The highest BCUT2D eigenvalue weighted by Gasteiger charge is 2.49. The summed E-state index contributed by atoms with van der Waals surface area (Å²) in [4.78, 5) is 0. The molecule has 1 fully saturated rings. The van der Waals surface area contributed by atoms with Crippen molar-refractivity contribution >= 4 is 0 Å². The Morgan fingerprint density at radius 3 is 1.95 bits per heavy atom. The van der Waals surface area contributed by atoms with Crippen molar-refractivity contribution < 1.29 is 14.6 Å². The lowest BCUT2D eigenvalue weighted by Gasteiger charge is -2.37. The van der Waals surface area contributed by atoms with Gasteiger partial charge in [-0.3, -0.25) is 0 Å². The van der Waals surface area contributed by atoms with Crippen LogP contribution in [0.3, 0.4) is 0 Å². The van der Waals surface area contributed by atoms with Gasteiger partial charge in [-0.2, -0.15) is 4.65 Å². The lowest BCUT2D eigenvalue weighted by atomic mass is 9.76. The summed E-state index contributed by atoms with van der Waals surface area (Å²) in [5.74, 6) is 0.234. The minimum atomic E-state index is -0.471. The Labute approximate surface area is 132 Å². The standard InChI is InChI=1S/C19H24NO2/c1-20(2,21)15-18-13-14-22-19(18,16-9-5-3-6-10-16)17-11-7-4-8-12-17/h3-12,18,21H,13-15H2,1-2H3/q+1/t18-/m1/s1. The second kappa shape index (κ2) is 5.84. The van der Waals surface area contributed by atoms with Crippen LogP contribution < -0.4 is 0 Å². The number of ether oxygens (including phenoxy) is 1. The van der Waals surface area contributed by atoms with E-state index in [4.69, 9.17) is 4.74 Å². The van der Waals surface area contributed by atoms with E-state index < -0.39 is 5.60 Å². The molecule has 0 bridgehead atoms. The van der Waals surface area contributed by atoms with Gasteiger partial charge in [0.2, 0.25) is 0 Å². The molecular formula is C19H24NO2+. The fourth-order valence-corrected chi connectivity index (χ4v) is 3.62. The van der Waals surface area contributed by atoms with Crippen LogP contribution in [0.1, 0.15) is 17.5 Å². The summed E-state index contributed by atoms with van der Waals surface area (Å²) in [6.07, 6.45) is 0.950. The first-order valence-corrected chi connectivity index (χ1v) is 7.83. The quantitative estimate of drug-likeness (QED) is 0.692. The number of quaternary nitrogens is 1. The highest BCUT2D eigenvalue weighted by Crippen LogP contribution is 2.46. The molecule has 1 atom stereocenters. The van der Waals surface area contributed by atoms with Gasteiger partial charge in [-0.25, -0.2) is 5.21 Å². The minimum absolute atomic E-state index is 0.0462. The third kappa shape index (κ3) is 2.80. The molecule has 0 aromatic heterocycles. The summed E-state index contributed by atoms with van der Waals surface area (Å²) in [6.45, 7) is 1.37. The highest BCUT2D eigenvalue weighted by molar-refractivity contribution is 5.38. The first-order valence-electron chi connectivity index (χ1n) is 7.83. The van der Waals surface area contributed by atoms with Crippen molar-refractivity contribution in [2.45, 2.75) is 12.0 Å². The number of benzene rings is 2. The summed E-state index contributed by atoms with van der Waals surface area (Å²) in [5.41, 5.74) is 1.86. The van der Waals surface area contributed by atoms with Crippen molar-refractivity contribution in [3.05, 3.63) is 71.8 Å². The molecule has 1 aliphatic rings. The third-order valence-corrected chi connectivity index (χ3v) is 4.44. The Bertz CT molecular complexity index is 565. The van der Waals surface area contributed by atoms with Crippen molar-refractivity contribution in [1.82, 2.24) is 0 Å². The summed E-state index contributed by atoms with van der Waals surface area (Å²) in [7, 11) is 3.64. The van der Waals surface area contributed by atoms with E-state index in [0.29, 0.717) is 13.2 Å². The summed E-state index contributed by atoms with van der Waals surface area (Å²) in [6, 6.07) is 20.8. The molecule has 0 amide bonds. The second-order valence-corrected chi connectivity index (χ2v) is 6.61. The Morgan fingerprint density at radius 1 is 1.00 bits per heavy atom. The van der Waals surface area contributed by atoms with Crippen LogP contribution >= 0.6 is 0 Å². The van der Waals surface area contributed by atoms with Crippen LogP contribution in [0.5, 0.6) is 0 Å². The molecule has 0 radical (unpaired) electrons. The van der Waals surface area contributed by atoms with Gasteiger partial charge >= 0.3 is 0 Å². The number of nitrogens with zero attached hydrogens (tertiary/aromatic N) is 1. The molecule has 1 saturated heterocycles. The first kappa shape index (κ1) is 15.2. The van der Waals surface area contributed by atoms with Crippen molar-refractivity contribution in [2.24, 2.45) is 5.92 Å². The van der Waals surface area contributed by atoms with E-state index >= 15 is 0 Å². The van der Waals surface area contributed by atoms with E-state index in [1.54, 1.807) is 0 Å². The minimum Gasteiger partial charge on any atom is -0.365 e. The van der Waals surface area contributed by atoms with Crippen LogP contribution in [0.25, 0.3) is 0 Å². The maximum absolute atomic E-state index is 10.3. The Hall–Kier alpha value is -1.68. The molecule has 1 N–H and O–H groups in total. The zero-order valence-corrected chi connectivity index (χ0v) is 13.3. The molecule has 116 valence electrons. The molecule has 1 heterocycles. The van der Waals surface area contributed by atoms with Gasteiger partial charge < -0.3 is 4.74 Å². The molecule has 0 unspecified atom stereocenters. The van der Waals surface area contributed by atoms with Gasteiger partial charge in [-0.05, 0) is 17.5 Å². The molecule has 3 heteroatoms. The van der Waals surface area contributed by atoms with Gasteiger partial charge in [0.05, 0.1) is 20.0 Å². The molecule has 0 aliphatic carbocycles. The van der Waals surface area contributed by atoms with Crippen molar-refractivity contribution in [2.75, 3.05) is 27.2 Å². The molecule has 22 heavy (non-hydrogen) atoms. The Morgan fingerprint density at radius 2 is 1.50 bits per heavy atom. The van der Waals surface area contributed by atoms with E-state index in [1.807, 2.05) is 26.2 Å². The fraction of sp³-hybridized carbons (Fsp3) is 0.368. The molecule has 0 spiro atoms. The number of hydrogen-bond donors (Lipinski definition) is 1. The number of rotatable bonds is 4. The van der Waals surface area contributed by atoms with E-state index in [0.717, 1.165) is 17.5 Å². The maximum Gasteiger partial charge on any atom is 0.126 e. The van der Waals surface area contributed by atoms with Gasteiger partial charge in [-0.1, -0.05) is 60.7 Å². The molecule has 0 saturated carbocycles. The molecule has 3 nitrogen and oxygen atoms in total. The van der Waals surface area contributed by atoms with Gasteiger partial charge in [0.15, 0.2) is 0 Å². The third-order valence-electron chi connectivity index (χ3n) is 4.44. The fourth-order valence-electron chi connectivity index (χ4n) is 3.62. The predicted octanol–water partition coefficient (Wildman–Crippen LogP) is 3.43. The van der Waals surface area contributed by atoms with Crippen molar-refractivity contribution in [3.8, 4) is 0 Å². The zero-order valence-electron chi connectivity index (χ0n) is 13.3. The van der Waals surface area contributed by atoms with Crippen LogP contribution in [-0.4, -0.2) is 37.1 Å². The molecule has 2 aromatic rings. The van der Waals surface area contributed by atoms with Gasteiger partial charge in [0.25, 0.3) is 0 Å². The van der Waals surface area contributed by atoms with Crippen LogP contribution in [0.2, 0.25) is 0 Å². The number of hydrogen-bond acceptors (Lipinski definition) is 2. The maximum atomic E-state index is 10.3. The van der Waals surface area contributed by atoms with Crippen LogP contribution in [-0.2, 0) is 10.3 Å². The summed E-state index contributed by atoms with van der Waals surface area (Å²) < 4.78 is 6.30. The smallest absolute Gasteiger partial charge is 0.126 e. The zero-order chi connectivity index (χ0) is 15.6.